The van der Waals surface area contributed by atoms with E-state index in [-0.39, 0.29) is 17.4 Å². The molecule has 15 heavy (non-hydrogen) atoms. The lowest BCUT2D eigenvalue weighted by Crippen LogP contribution is -2.43. The first kappa shape index (κ1) is 10.6. The van der Waals surface area contributed by atoms with Crippen molar-refractivity contribution in [3.63, 3.8) is 0 Å². The van der Waals surface area contributed by atoms with Crippen molar-refractivity contribution in [2.24, 2.45) is 0 Å². The zero-order valence-electron chi connectivity index (χ0n) is 8.20. The number of hydrogen-bond acceptors (Lipinski definition) is 3. The van der Waals surface area contributed by atoms with Gasteiger partial charge in [0, 0.05) is 18.1 Å². The summed E-state index contributed by atoms with van der Waals surface area (Å²) in [5, 5.41) is 3.11. The summed E-state index contributed by atoms with van der Waals surface area (Å²) in [6.07, 6.45) is 0. The van der Waals surface area contributed by atoms with E-state index in [2.05, 4.69) is 5.32 Å². The Labute approximate surface area is 92.3 Å². The van der Waals surface area contributed by atoms with Gasteiger partial charge in [0.05, 0.1) is 11.6 Å². The molecule has 0 radical (unpaired) electrons. The van der Waals surface area contributed by atoms with Crippen molar-refractivity contribution >= 4 is 17.5 Å². The fraction of sp³-hybridized carbons (Fsp3) is 0.364. The Morgan fingerprint density at radius 3 is 2.93 bits per heavy atom. The fourth-order valence-corrected chi connectivity index (χ4v) is 2.52. The van der Waals surface area contributed by atoms with Crippen LogP contribution in [-0.2, 0) is 0 Å². The molecule has 1 atom stereocenters. The topological polar surface area (TPSA) is 29.1 Å². The van der Waals surface area contributed by atoms with E-state index in [1.165, 1.54) is 6.07 Å². The average molecular weight is 225 g/mol. The van der Waals surface area contributed by atoms with Crippen molar-refractivity contribution in [3.05, 3.63) is 35.6 Å². The highest BCUT2D eigenvalue weighted by atomic mass is 32.2. The normalized spacial score (nSPS) is 21.3. The van der Waals surface area contributed by atoms with E-state index >= 15 is 0 Å². The van der Waals surface area contributed by atoms with E-state index < -0.39 is 5.82 Å². The van der Waals surface area contributed by atoms with Gasteiger partial charge in [-0.25, -0.2) is 4.39 Å². The van der Waals surface area contributed by atoms with E-state index in [1.807, 2.05) is 0 Å². The molecular formula is C11H12FNOS. The molecule has 4 heteroatoms. The molecule has 2 nitrogen and oxygen atoms in total. The molecule has 1 N–H and O–H groups in total. The zero-order valence-corrected chi connectivity index (χ0v) is 9.02. The van der Waals surface area contributed by atoms with Crippen LogP contribution in [0.3, 0.4) is 0 Å². The molecule has 1 saturated heterocycles. The molecule has 80 valence electrons. The monoisotopic (exact) mass is 225 g/mol. The zero-order chi connectivity index (χ0) is 10.7. The third-order valence-corrected chi connectivity index (χ3v) is 3.44. The number of carbonyl (C=O) groups is 1. The van der Waals surface area contributed by atoms with Crippen LogP contribution in [0.15, 0.2) is 24.3 Å². The van der Waals surface area contributed by atoms with Crippen molar-refractivity contribution in [1.29, 1.82) is 0 Å². The largest absolute Gasteiger partial charge is 0.306 e. The van der Waals surface area contributed by atoms with Gasteiger partial charge in [-0.15, -0.1) is 0 Å². The lowest BCUT2D eigenvalue weighted by molar-refractivity contribution is 0.0949. The summed E-state index contributed by atoms with van der Waals surface area (Å²) in [5.41, 5.74) is 0.192. The van der Waals surface area contributed by atoms with Crippen molar-refractivity contribution < 1.29 is 9.18 Å². The molecule has 0 spiro atoms. The van der Waals surface area contributed by atoms with Gasteiger partial charge in [0.25, 0.3) is 0 Å². The second-order valence-corrected chi connectivity index (χ2v) is 4.58. The number of Topliss-reactive ketones (excluding diaryl/α,β-unsaturated/α-hetero) is 1. The summed E-state index contributed by atoms with van der Waals surface area (Å²) in [7, 11) is 0. The molecule has 0 bridgehead atoms. The lowest BCUT2D eigenvalue weighted by atomic mass is 10.0. The average Bonchev–Trinajstić information content (AvgIpc) is 2.30. The number of ketones is 1. The van der Waals surface area contributed by atoms with Crippen LogP contribution in [0.2, 0.25) is 0 Å². The quantitative estimate of drug-likeness (QED) is 0.777. The van der Waals surface area contributed by atoms with E-state index in [1.54, 1.807) is 30.0 Å². The van der Waals surface area contributed by atoms with Crippen molar-refractivity contribution in [2.75, 3.05) is 18.1 Å². The van der Waals surface area contributed by atoms with E-state index in [4.69, 9.17) is 0 Å². The molecule has 2 rings (SSSR count). The summed E-state index contributed by atoms with van der Waals surface area (Å²) in [4.78, 5) is 11.9. The molecule has 0 aromatic heterocycles. The van der Waals surface area contributed by atoms with E-state index in [0.717, 1.165) is 18.1 Å². The van der Waals surface area contributed by atoms with Crippen LogP contribution >= 0.6 is 11.8 Å². The highest BCUT2D eigenvalue weighted by Crippen LogP contribution is 2.14. The molecule has 1 aliphatic rings. The first-order chi connectivity index (χ1) is 7.29. The summed E-state index contributed by atoms with van der Waals surface area (Å²) in [6.45, 7) is 0.815. The third-order valence-electron chi connectivity index (χ3n) is 2.38. The van der Waals surface area contributed by atoms with Crippen molar-refractivity contribution in [3.8, 4) is 0 Å². The second kappa shape index (κ2) is 4.77. The van der Waals surface area contributed by atoms with Gasteiger partial charge >= 0.3 is 0 Å². The third kappa shape index (κ3) is 2.38. The fourth-order valence-electron chi connectivity index (χ4n) is 1.58. The summed E-state index contributed by atoms with van der Waals surface area (Å²) >= 11 is 1.73. The number of halogens is 1. The van der Waals surface area contributed by atoms with Gasteiger partial charge in [0.2, 0.25) is 0 Å². The minimum Gasteiger partial charge on any atom is -0.306 e. The first-order valence-corrected chi connectivity index (χ1v) is 6.04. The Morgan fingerprint density at radius 1 is 1.47 bits per heavy atom. The highest BCUT2D eigenvalue weighted by Gasteiger charge is 2.23. The van der Waals surface area contributed by atoms with Gasteiger partial charge in [-0.1, -0.05) is 12.1 Å². The Kier molecular flexibility index (Phi) is 3.38. The van der Waals surface area contributed by atoms with Crippen LogP contribution in [0.5, 0.6) is 0 Å². The van der Waals surface area contributed by atoms with Crippen molar-refractivity contribution in [1.82, 2.24) is 5.32 Å². The number of nitrogens with one attached hydrogen (secondary N) is 1. The van der Waals surface area contributed by atoms with Crippen LogP contribution in [0, 0.1) is 5.82 Å². The Balaban J connectivity index is 2.16. The molecule has 0 saturated carbocycles. The SMILES string of the molecule is O=C(c1ccccc1F)C1CSCCN1. The Morgan fingerprint density at radius 2 is 2.27 bits per heavy atom. The molecule has 0 amide bonds. The number of rotatable bonds is 2. The first-order valence-electron chi connectivity index (χ1n) is 4.89. The predicted octanol–water partition coefficient (Wildman–Crippen LogP) is 1.71. The molecule has 1 unspecified atom stereocenters. The number of hydrogen-bond donors (Lipinski definition) is 1. The van der Waals surface area contributed by atoms with Crippen LogP contribution in [0.1, 0.15) is 10.4 Å². The van der Waals surface area contributed by atoms with Gasteiger partial charge in [-0.3, -0.25) is 4.79 Å². The molecule has 0 aliphatic carbocycles. The maximum Gasteiger partial charge on any atom is 0.183 e. The van der Waals surface area contributed by atoms with E-state index in [9.17, 15) is 9.18 Å². The van der Waals surface area contributed by atoms with Gasteiger partial charge in [0.1, 0.15) is 5.82 Å². The number of thioether (sulfide) groups is 1. The highest BCUT2D eigenvalue weighted by molar-refractivity contribution is 7.99. The van der Waals surface area contributed by atoms with Crippen LogP contribution in [0.25, 0.3) is 0 Å². The van der Waals surface area contributed by atoms with Gasteiger partial charge in [-0.2, -0.15) is 11.8 Å². The smallest absolute Gasteiger partial charge is 0.183 e. The lowest BCUT2D eigenvalue weighted by Gasteiger charge is -2.21. The number of carbonyl (C=O) groups excluding carboxylic acids is 1. The van der Waals surface area contributed by atoms with Gasteiger partial charge < -0.3 is 5.32 Å². The summed E-state index contributed by atoms with van der Waals surface area (Å²) in [6, 6.07) is 5.91. The maximum atomic E-state index is 13.3. The Hall–Kier alpha value is -0.870. The maximum absolute atomic E-state index is 13.3. The molecule has 1 fully saturated rings. The Bertz CT molecular complexity index is 363. The predicted molar refractivity (Wildman–Crippen MR) is 59.8 cm³/mol. The van der Waals surface area contributed by atoms with Crippen molar-refractivity contribution in [2.45, 2.75) is 6.04 Å². The molecular weight excluding hydrogens is 213 g/mol. The van der Waals surface area contributed by atoms with E-state index in [0.29, 0.717) is 0 Å². The van der Waals surface area contributed by atoms with Crippen LogP contribution in [-0.4, -0.2) is 29.9 Å². The molecule has 1 aromatic carbocycles. The molecule has 1 aromatic rings. The number of benzene rings is 1. The van der Waals surface area contributed by atoms with Crippen LogP contribution in [0.4, 0.5) is 4.39 Å². The molecule has 1 aliphatic heterocycles. The van der Waals surface area contributed by atoms with Crippen LogP contribution < -0.4 is 5.32 Å². The van der Waals surface area contributed by atoms with Gasteiger partial charge in [-0.05, 0) is 12.1 Å². The standard InChI is InChI=1S/C11H12FNOS/c12-9-4-2-1-3-8(9)11(14)10-7-15-6-5-13-10/h1-4,10,13H,5-7H2. The molecule has 1 heterocycles. The van der Waals surface area contributed by atoms with Gasteiger partial charge in [0.15, 0.2) is 5.78 Å². The minimum absolute atomic E-state index is 0.139. The minimum atomic E-state index is -0.431. The second-order valence-electron chi connectivity index (χ2n) is 3.43. The summed E-state index contributed by atoms with van der Waals surface area (Å²) in [5.74, 6) is 1.17. The summed E-state index contributed by atoms with van der Waals surface area (Å²) < 4.78 is 13.3.